The highest BCUT2D eigenvalue weighted by Crippen LogP contribution is 2.32. The zero-order valence-corrected chi connectivity index (χ0v) is 16.1. The molecule has 0 radical (unpaired) electrons. The fourth-order valence-electron chi connectivity index (χ4n) is 3.39. The Bertz CT molecular complexity index is 1090. The number of hydrogen-bond donors (Lipinski definition) is 3. The maximum Gasteiger partial charge on any atom is 0.260 e. The monoisotopic (exact) mass is 429 g/mol. The van der Waals surface area contributed by atoms with Gasteiger partial charge in [0.25, 0.3) is 5.56 Å². The van der Waals surface area contributed by atoms with Crippen LogP contribution in [0.3, 0.4) is 0 Å². The summed E-state index contributed by atoms with van der Waals surface area (Å²) >= 11 is 8.69. The van der Waals surface area contributed by atoms with Crippen molar-refractivity contribution >= 4 is 28.1 Å². The van der Waals surface area contributed by atoms with Crippen LogP contribution in [-0.4, -0.2) is 21.2 Å². The van der Waals surface area contributed by atoms with Crippen molar-refractivity contribution in [3.63, 3.8) is 0 Å². The zero-order chi connectivity index (χ0) is 18.3. The standard InChI is InChI=1S/C19H16BrN3O2S/c20-12-5-7-13(8-6-12)23-18(25)15(17(24)22-19(23)26)16-14-4-2-1-3-11(14)9-10-21-16/h1-8,16,21,25H,9-10H2,(H,22,24,26)/t16-/m0/s1. The van der Waals surface area contributed by atoms with Gasteiger partial charge in [0.05, 0.1) is 17.3 Å². The summed E-state index contributed by atoms with van der Waals surface area (Å²) in [5.41, 5.74) is 2.74. The van der Waals surface area contributed by atoms with E-state index in [1.807, 2.05) is 42.5 Å². The van der Waals surface area contributed by atoms with E-state index in [1.54, 1.807) is 0 Å². The van der Waals surface area contributed by atoms with Crippen molar-refractivity contribution in [2.75, 3.05) is 6.54 Å². The van der Waals surface area contributed by atoms with Crippen LogP contribution in [0.5, 0.6) is 5.88 Å². The number of halogens is 1. The predicted octanol–water partition coefficient (Wildman–Crippen LogP) is 3.60. The minimum Gasteiger partial charge on any atom is -0.494 e. The summed E-state index contributed by atoms with van der Waals surface area (Å²) in [6.45, 7) is 0.731. The number of H-pyrrole nitrogens is 1. The molecule has 4 rings (SSSR count). The Hall–Kier alpha value is -2.22. The van der Waals surface area contributed by atoms with Gasteiger partial charge in [-0.3, -0.25) is 14.3 Å². The van der Waals surface area contributed by atoms with Crippen LogP contribution in [0.15, 0.2) is 57.8 Å². The number of nitrogens with one attached hydrogen (secondary N) is 2. The van der Waals surface area contributed by atoms with Gasteiger partial charge in [-0.1, -0.05) is 40.2 Å². The lowest BCUT2D eigenvalue weighted by molar-refractivity contribution is 0.413. The zero-order valence-electron chi connectivity index (χ0n) is 13.7. The molecule has 0 saturated heterocycles. The highest BCUT2D eigenvalue weighted by atomic mass is 79.9. The molecule has 0 unspecified atom stereocenters. The van der Waals surface area contributed by atoms with Crippen molar-refractivity contribution < 1.29 is 5.11 Å². The average molecular weight is 430 g/mol. The van der Waals surface area contributed by atoms with Crippen LogP contribution in [0, 0.1) is 4.77 Å². The fourth-order valence-corrected chi connectivity index (χ4v) is 3.94. The van der Waals surface area contributed by atoms with Crippen molar-refractivity contribution in [3.05, 3.63) is 84.8 Å². The Balaban J connectivity index is 1.94. The second kappa shape index (κ2) is 6.83. The van der Waals surface area contributed by atoms with E-state index in [0.717, 1.165) is 23.0 Å². The first kappa shape index (κ1) is 17.2. The summed E-state index contributed by atoms with van der Waals surface area (Å²) in [6.07, 6.45) is 0.886. The molecule has 0 saturated carbocycles. The van der Waals surface area contributed by atoms with Gasteiger partial charge in [0, 0.05) is 11.0 Å². The van der Waals surface area contributed by atoms with Gasteiger partial charge in [-0.2, -0.15) is 0 Å². The summed E-state index contributed by atoms with van der Waals surface area (Å²) in [6, 6.07) is 14.9. The topological polar surface area (TPSA) is 70.0 Å². The van der Waals surface area contributed by atoms with Gasteiger partial charge >= 0.3 is 0 Å². The van der Waals surface area contributed by atoms with Crippen LogP contribution in [0.4, 0.5) is 0 Å². The SMILES string of the molecule is O=c1[nH]c(=S)n(-c2ccc(Br)cc2)c(O)c1[C@H]1NCCc2ccccc21. The molecule has 5 nitrogen and oxygen atoms in total. The first-order valence-electron chi connectivity index (χ1n) is 8.21. The largest absolute Gasteiger partial charge is 0.494 e. The summed E-state index contributed by atoms with van der Waals surface area (Å²) in [5.74, 6) is -0.143. The average Bonchev–Trinajstić information content (AvgIpc) is 2.63. The van der Waals surface area contributed by atoms with Gasteiger partial charge < -0.3 is 10.4 Å². The van der Waals surface area contributed by atoms with Crippen LogP contribution >= 0.6 is 28.1 Å². The molecule has 3 aromatic rings. The van der Waals surface area contributed by atoms with Crippen molar-refractivity contribution in [1.29, 1.82) is 0 Å². The molecule has 0 bridgehead atoms. The number of aromatic hydroxyl groups is 1. The Labute approximate surface area is 163 Å². The molecule has 0 spiro atoms. The van der Waals surface area contributed by atoms with Gasteiger partial charge in [0.1, 0.15) is 0 Å². The van der Waals surface area contributed by atoms with Crippen LogP contribution in [0.2, 0.25) is 0 Å². The number of aromatic amines is 1. The smallest absolute Gasteiger partial charge is 0.260 e. The minimum atomic E-state index is -0.388. The van der Waals surface area contributed by atoms with E-state index in [-0.39, 0.29) is 27.8 Å². The van der Waals surface area contributed by atoms with Gasteiger partial charge in [-0.05, 0) is 54.0 Å². The van der Waals surface area contributed by atoms with E-state index in [4.69, 9.17) is 12.2 Å². The number of fused-ring (bicyclic) bond motifs is 1. The van der Waals surface area contributed by atoms with Crippen LogP contribution in [-0.2, 0) is 6.42 Å². The summed E-state index contributed by atoms with van der Waals surface area (Å²) in [5, 5.41) is 14.3. The number of rotatable bonds is 2. The van der Waals surface area contributed by atoms with Gasteiger partial charge in [0.15, 0.2) is 4.77 Å². The number of nitrogens with zero attached hydrogens (tertiary/aromatic N) is 1. The summed E-state index contributed by atoms with van der Waals surface area (Å²) in [4.78, 5) is 15.4. The van der Waals surface area contributed by atoms with Crippen molar-refractivity contribution in [3.8, 4) is 11.6 Å². The van der Waals surface area contributed by atoms with Crippen LogP contribution in [0.1, 0.15) is 22.7 Å². The molecular formula is C19H16BrN3O2S. The molecule has 1 aliphatic heterocycles. The molecule has 1 aliphatic rings. The molecular weight excluding hydrogens is 414 g/mol. The molecule has 0 fully saturated rings. The van der Waals surface area contributed by atoms with E-state index >= 15 is 0 Å². The molecule has 1 atom stereocenters. The summed E-state index contributed by atoms with van der Waals surface area (Å²) in [7, 11) is 0. The first-order chi connectivity index (χ1) is 12.6. The lowest BCUT2D eigenvalue weighted by Gasteiger charge is -2.27. The summed E-state index contributed by atoms with van der Waals surface area (Å²) < 4.78 is 2.56. The lowest BCUT2D eigenvalue weighted by Crippen LogP contribution is -2.35. The van der Waals surface area contributed by atoms with Crippen molar-refractivity contribution in [2.24, 2.45) is 0 Å². The van der Waals surface area contributed by atoms with E-state index in [1.165, 1.54) is 10.1 Å². The quantitative estimate of drug-likeness (QED) is 0.544. The Morgan fingerprint density at radius 1 is 1.15 bits per heavy atom. The molecule has 0 amide bonds. The van der Waals surface area contributed by atoms with Gasteiger partial charge in [-0.25, -0.2) is 0 Å². The van der Waals surface area contributed by atoms with E-state index < -0.39 is 0 Å². The van der Waals surface area contributed by atoms with Crippen molar-refractivity contribution in [1.82, 2.24) is 14.9 Å². The number of hydrogen-bond acceptors (Lipinski definition) is 4. The first-order valence-corrected chi connectivity index (χ1v) is 9.41. The third kappa shape index (κ3) is 2.92. The molecule has 1 aromatic heterocycles. The van der Waals surface area contributed by atoms with E-state index in [2.05, 4.69) is 32.3 Å². The third-order valence-electron chi connectivity index (χ3n) is 4.60. The maximum absolute atomic E-state index is 12.7. The molecule has 0 aliphatic carbocycles. The highest BCUT2D eigenvalue weighted by molar-refractivity contribution is 9.10. The normalized spacial score (nSPS) is 16.3. The van der Waals surface area contributed by atoms with E-state index in [9.17, 15) is 9.90 Å². The molecule has 3 N–H and O–H groups in total. The fraction of sp³-hybridized carbons (Fsp3) is 0.158. The highest BCUT2D eigenvalue weighted by Gasteiger charge is 2.28. The second-order valence-corrected chi connectivity index (χ2v) is 7.45. The lowest BCUT2D eigenvalue weighted by atomic mass is 9.90. The Morgan fingerprint density at radius 2 is 1.88 bits per heavy atom. The predicted molar refractivity (Wildman–Crippen MR) is 107 cm³/mol. The van der Waals surface area contributed by atoms with Gasteiger partial charge in [-0.15, -0.1) is 0 Å². The minimum absolute atomic E-state index is 0.143. The number of aromatic nitrogens is 2. The molecule has 2 heterocycles. The van der Waals surface area contributed by atoms with Crippen LogP contribution in [0.25, 0.3) is 5.69 Å². The van der Waals surface area contributed by atoms with Crippen molar-refractivity contribution in [2.45, 2.75) is 12.5 Å². The van der Waals surface area contributed by atoms with Crippen LogP contribution < -0.4 is 10.9 Å². The Morgan fingerprint density at radius 3 is 2.65 bits per heavy atom. The maximum atomic E-state index is 12.7. The molecule has 26 heavy (non-hydrogen) atoms. The second-order valence-electron chi connectivity index (χ2n) is 6.14. The Kier molecular flexibility index (Phi) is 4.52. The molecule has 2 aromatic carbocycles. The van der Waals surface area contributed by atoms with Gasteiger partial charge in [0.2, 0.25) is 5.88 Å². The molecule has 132 valence electrons. The molecule has 7 heteroatoms. The number of benzene rings is 2. The van der Waals surface area contributed by atoms with E-state index in [0.29, 0.717) is 5.69 Å². The third-order valence-corrected chi connectivity index (χ3v) is 5.42.